The topological polar surface area (TPSA) is 63.8 Å². The first-order chi connectivity index (χ1) is 14.0. The van der Waals surface area contributed by atoms with Gasteiger partial charge >= 0.3 is 0 Å². The van der Waals surface area contributed by atoms with Crippen molar-refractivity contribution < 1.29 is 13.9 Å². The van der Waals surface area contributed by atoms with Crippen molar-refractivity contribution in [2.75, 3.05) is 6.61 Å². The van der Waals surface area contributed by atoms with E-state index in [2.05, 4.69) is 40.1 Å². The third-order valence-electron chi connectivity index (χ3n) is 4.14. The molecule has 3 rings (SSSR count). The number of benzene rings is 1. The van der Waals surface area contributed by atoms with E-state index in [1.54, 1.807) is 24.6 Å². The van der Waals surface area contributed by atoms with Crippen LogP contribution in [0.2, 0.25) is 0 Å². The number of nitrogens with zero attached hydrogens (tertiary/aromatic N) is 1. The molecular formula is C22H23BrN2O3S. The first-order valence-corrected chi connectivity index (χ1v) is 11.0. The highest BCUT2D eigenvalue weighted by Crippen LogP contribution is 2.28. The number of rotatable bonds is 9. The molecule has 29 heavy (non-hydrogen) atoms. The summed E-state index contributed by atoms with van der Waals surface area (Å²) in [5.41, 5.74) is 1.40. The number of ether oxygens (including phenoxy) is 1. The zero-order valence-electron chi connectivity index (χ0n) is 16.4. The van der Waals surface area contributed by atoms with Gasteiger partial charge < -0.3 is 14.5 Å². The van der Waals surface area contributed by atoms with Gasteiger partial charge in [0.2, 0.25) is 0 Å². The third-order valence-corrected chi connectivity index (χ3v) is 5.45. The Labute approximate surface area is 182 Å². The number of carbonyl (C=O) groups is 1. The number of hydrogen-bond donors (Lipinski definition) is 1. The second kappa shape index (κ2) is 10.4. The van der Waals surface area contributed by atoms with Crippen molar-refractivity contribution in [2.45, 2.75) is 26.8 Å². The molecule has 1 amide bonds. The second-order valence-electron chi connectivity index (χ2n) is 6.87. The zero-order chi connectivity index (χ0) is 20.6. The van der Waals surface area contributed by atoms with Gasteiger partial charge in [0.15, 0.2) is 0 Å². The van der Waals surface area contributed by atoms with Crippen molar-refractivity contribution in [3.05, 3.63) is 69.4 Å². The van der Waals surface area contributed by atoms with Crippen LogP contribution in [0.1, 0.15) is 41.9 Å². The quantitative estimate of drug-likeness (QED) is 0.375. The van der Waals surface area contributed by atoms with Crippen LogP contribution in [0.15, 0.2) is 61.9 Å². The summed E-state index contributed by atoms with van der Waals surface area (Å²) < 4.78 is 12.1. The lowest BCUT2D eigenvalue weighted by atomic mass is 10.1. The van der Waals surface area contributed by atoms with Crippen LogP contribution in [0.5, 0.6) is 5.75 Å². The maximum Gasteiger partial charge on any atom is 0.254 e. The molecule has 0 bridgehead atoms. The van der Waals surface area contributed by atoms with Gasteiger partial charge in [0.1, 0.15) is 16.5 Å². The Morgan fingerprint density at radius 1 is 1.34 bits per heavy atom. The highest BCUT2D eigenvalue weighted by Gasteiger charge is 2.13. The number of aliphatic imine (C=N–C) groups is 1. The normalized spacial score (nSPS) is 11.3. The van der Waals surface area contributed by atoms with Crippen LogP contribution in [-0.4, -0.2) is 18.7 Å². The lowest BCUT2D eigenvalue weighted by molar-refractivity contribution is 0.0949. The second-order valence-corrected chi connectivity index (χ2v) is 8.68. The first-order valence-electron chi connectivity index (χ1n) is 9.37. The molecule has 1 N–H and O–H groups in total. The summed E-state index contributed by atoms with van der Waals surface area (Å²) in [5, 5.41) is 5.36. The Bertz CT molecular complexity index is 964. The van der Waals surface area contributed by atoms with E-state index >= 15 is 0 Å². The highest BCUT2D eigenvalue weighted by molar-refractivity contribution is 9.10. The fourth-order valence-corrected chi connectivity index (χ4v) is 3.65. The molecule has 1 aromatic carbocycles. The van der Waals surface area contributed by atoms with E-state index in [1.807, 2.05) is 29.6 Å². The van der Waals surface area contributed by atoms with Crippen LogP contribution < -0.4 is 10.1 Å². The van der Waals surface area contributed by atoms with Crippen molar-refractivity contribution >= 4 is 44.4 Å². The summed E-state index contributed by atoms with van der Waals surface area (Å²) in [6.45, 7) is 5.33. The Morgan fingerprint density at radius 2 is 2.21 bits per heavy atom. The Morgan fingerprint density at radius 3 is 2.97 bits per heavy atom. The van der Waals surface area contributed by atoms with Gasteiger partial charge in [-0.2, -0.15) is 0 Å². The van der Waals surface area contributed by atoms with Crippen LogP contribution in [0.4, 0.5) is 5.00 Å². The first kappa shape index (κ1) is 21.3. The van der Waals surface area contributed by atoms with Crippen molar-refractivity contribution in [1.29, 1.82) is 0 Å². The number of nitrogens with one attached hydrogen (secondary N) is 1. The molecule has 0 aliphatic carbocycles. The van der Waals surface area contributed by atoms with E-state index in [9.17, 15) is 4.79 Å². The van der Waals surface area contributed by atoms with E-state index < -0.39 is 0 Å². The molecular weight excluding hydrogens is 452 g/mol. The molecule has 0 radical (unpaired) electrons. The van der Waals surface area contributed by atoms with Crippen molar-refractivity contribution in [3.63, 3.8) is 0 Å². The average Bonchev–Trinajstić information content (AvgIpc) is 3.37. The van der Waals surface area contributed by atoms with Crippen LogP contribution in [0.3, 0.4) is 0 Å². The molecule has 7 heteroatoms. The minimum Gasteiger partial charge on any atom is -0.493 e. The SMILES string of the molecule is CC(C)CCOc1ccc(Br)cc1C=Nc1sccc1C(=O)NCc1ccco1. The monoisotopic (exact) mass is 474 g/mol. The van der Waals surface area contributed by atoms with Crippen LogP contribution in [0, 0.1) is 5.92 Å². The number of halogens is 1. The number of furan rings is 1. The van der Waals surface area contributed by atoms with Crippen LogP contribution in [0.25, 0.3) is 0 Å². The minimum absolute atomic E-state index is 0.183. The van der Waals surface area contributed by atoms with Crippen LogP contribution in [-0.2, 0) is 6.54 Å². The molecule has 152 valence electrons. The molecule has 0 aliphatic rings. The molecule has 0 aliphatic heterocycles. The summed E-state index contributed by atoms with van der Waals surface area (Å²) >= 11 is 4.91. The van der Waals surface area contributed by atoms with Gasteiger partial charge in [-0.05, 0) is 54.1 Å². The van der Waals surface area contributed by atoms with E-state index in [-0.39, 0.29) is 5.91 Å². The molecule has 0 saturated carbocycles. The summed E-state index contributed by atoms with van der Waals surface area (Å²) in [4.78, 5) is 17.1. The molecule has 0 fully saturated rings. The Kier molecular flexibility index (Phi) is 7.66. The maximum atomic E-state index is 12.5. The summed E-state index contributed by atoms with van der Waals surface area (Å²) in [6.07, 6.45) is 4.31. The van der Waals surface area contributed by atoms with Gasteiger partial charge in [0.25, 0.3) is 5.91 Å². The van der Waals surface area contributed by atoms with Crippen molar-refractivity contribution in [3.8, 4) is 5.75 Å². The van der Waals surface area contributed by atoms with Crippen LogP contribution >= 0.6 is 27.3 Å². The molecule has 0 unspecified atom stereocenters. The number of carbonyl (C=O) groups excluding carboxylic acids is 1. The summed E-state index contributed by atoms with van der Waals surface area (Å²) in [6, 6.07) is 11.2. The molecule has 2 aromatic heterocycles. The average molecular weight is 475 g/mol. The number of thiophene rings is 1. The van der Waals surface area contributed by atoms with Gasteiger partial charge in [0, 0.05) is 16.3 Å². The minimum atomic E-state index is -0.183. The van der Waals surface area contributed by atoms with Gasteiger partial charge in [-0.3, -0.25) is 4.79 Å². The fourth-order valence-electron chi connectivity index (χ4n) is 2.53. The maximum absolute atomic E-state index is 12.5. The van der Waals surface area contributed by atoms with E-state index in [4.69, 9.17) is 9.15 Å². The van der Waals surface area contributed by atoms with E-state index in [0.29, 0.717) is 35.4 Å². The molecule has 0 spiro atoms. The number of hydrogen-bond acceptors (Lipinski definition) is 5. The molecule has 0 atom stereocenters. The third kappa shape index (κ3) is 6.30. The molecule has 0 saturated heterocycles. The summed E-state index contributed by atoms with van der Waals surface area (Å²) in [7, 11) is 0. The van der Waals surface area contributed by atoms with Gasteiger partial charge in [-0.25, -0.2) is 4.99 Å². The number of amides is 1. The smallest absolute Gasteiger partial charge is 0.254 e. The molecule has 2 heterocycles. The molecule has 3 aromatic rings. The predicted octanol–water partition coefficient (Wildman–Crippen LogP) is 6.21. The van der Waals surface area contributed by atoms with E-state index in [0.717, 1.165) is 22.2 Å². The van der Waals surface area contributed by atoms with Gasteiger partial charge in [-0.1, -0.05) is 29.8 Å². The lowest BCUT2D eigenvalue weighted by Gasteiger charge is -2.11. The Balaban J connectivity index is 1.71. The lowest BCUT2D eigenvalue weighted by Crippen LogP contribution is -2.22. The molecule has 5 nitrogen and oxygen atoms in total. The Hall–Kier alpha value is -2.38. The van der Waals surface area contributed by atoms with Crippen molar-refractivity contribution in [2.24, 2.45) is 10.9 Å². The zero-order valence-corrected chi connectivity index (χ0v) is 18.8. The predicted molar refractivity (Wildman–Crippen MR) is 121 cm³/mol. The largest absolute Gasteiger partial charge is 0.493 e. The van der Waals surface area contributed by atoms with Gasteiger partial charge in [-0.15, -0.1) is 11.3 Å². The van der Waals surface area contributed by atoms with Gasteiger partial charge in [0.05, 0.1) is 25.0 Å². The highest BCUT2D eigenvalue weighted by atomic mass is 79.9. The van der Waals surface area contributed by atoms with Crippen molar-refractivity contribution in [1.82, 2.24) is 5.32 Å². The van der Waals surface area contributed by atoms with E-state index in [1.165, 1.54) is 11.3 Å². The fraction of sp³-hybridized carbons (Fsp3) is 0.273. The summed E-state index contributed by atoms with van der Waals surface area (Å²) in [5.74, 6) is 1.88. The standard InChI is InChI=1S/C22H23BrN2O3S/c1-15(2)7-10-28-20-6-5-17(23)12-16(20)13-25-22-19(8-11-29-22)21(26)24-14-18-4-3-9-27-18/h3-6,8-9,11-13,15H,7,10,14H2,1-2H3,(H,24,26).